The minimum Gasteiger partial charge on any atom is -0.481 e. The Balaban J connectivity index is 2.20. The molecule has 0 radical (unpaired) electrons. The summed E-state index contributed by atoms with van der Waals surface area (Å²) in [7, 11) is 0. The van der Waals surface area contributed by atoms with Crippen molar-refractivity contribution in [1.29, 1.82) is 0 Å². The van der Waals surface area contributed by atoms with Gasteiger partial charge in [-0.1, -0.05) is 13.8 Å². The Bertz CT molecular complexity index is 212. The molecule has 2 nitrogen and oxygen atoms in total. The molecule has 0 spiro atoms. The van der Waals surface area contributed by atoms with Crippen molar-refractivity contribution in [2.45, 2.75) is 26.7 Å². The molecule has 12 heavy (non-hydrogen) atoms. The van der Waals surface area contributed by atoms with Crippen LogP contribution in [0.15, 0.2) is 0 Å². The Morgan fingerprint density at radius 3 is 2.42 bits per heavy atom. The van der Waals surface area contributed by atoms with E-state index in [4.69, 9.17) is 5.11 Å². The molecule has 5 atom stereocenters. The lowest BCUT2D eigenvalue weighted by molar-refractivity contribution is -0.146. The molecule has 2 aliphatic carbocycles. The van der Waals surface area contributed by atoms with Crippen molar-refractivity contribution in [3.8, 4) is 0 Å². The third-order valence-corrected chi connectivity index (χ3v) is 4.04. The van der Waals surface area contributed by atoms with E-state index in [1.807, 2.05) is 0 Å². The predicted octanol–water partition coefficient (Wildman–Crippen LogP) is 2.00. The zero-order chi connectivity index (χ0) is 8.88. The zero-order valence-electron chi connectivity index (χ0n) is 7.66. The van der Waals surface area contributed by atoms with Crippen LogP contribution >= 0.6 is 0 Å². The van der Waals surface area contributed by atoms with E-state index < -0.39 is 5.97 Å². The number of carboxylic acids is 1. The molecule has 2 aliphatic rings. The maximum absolute atomic E-state index is 10.9. The van der Waals surface area contributed by atoms with E-state index in [9.17, 15) is 4.79 Å². The monoisotopic (exact) mass is 168 g/mol. The summed E-state index contributed by atoms with van der Waals surface area (Å²) < 4.78 is 0. The second kappa shape index (κ2) is 2.48. The van der Waals surface area contributed by atoms with E-state index in [0.29, 0.717) is 23.7 Å². The molecule has 2 heteroatoms. The molecular formula is C10H16O2. The van der Waals surface area contributed by atoms with Gasteiger partial charge in [0.15, 0.2) is 0 Å². The fourth-order valence-corrected chi connectivity index (χ4v) is 3.35. The van der Waals surface area contributed by atoms with Crippen LogP contribution in [0.4, 0.5) is 0 Å². The summed E-state index contributed by atoms with van der Waals surface area (Å²) in [6, 6.07) is 0. The van der Waals surface area contributed by atoms with Crippen LogP contribution < -0.4 is 0 Å². The number of carboxylic acid groups (broad SMARTS) is 1. The van der Waals surface area contributed by atoms with Gasteiger partial charge in [0, 0.05) is 0 Å². The van der Waals surface area contributed by atoms with E-state index in [0.717, 1.165) is 0 Å². The molecule has 2 saturated carbocycles. The minimum absolute atomic E-state index is 0.0428. The van der Waals surface area contributed by atoms with Gasteiger partial charge in [-0.25, -0.2) is 0 Å². The van der Waals surface area contributed by atoms with Gasteiger partial charge < -0.3 is 5.11 Å². The van der Waals surface area contributed by atoms with Crippen molar-refractivity contribution in [1.82, 2.24) is 0 Å². The summed E-state index contributed by atoms with van der Waals surface area (Å²) in [5.74, 6) is 1.63. The van der Waals surface area contributed by atoms with Crippen LogP contribution in [0.3, 0.4) is 0 Å². The molecular weight excluding hydrogens is 152 g/mol. The number of hydrogen-bond donors (Lipinski definition) is 1. The third-order valence-electron chi connectivity index (χ3n) is 4.04. The van der Waals surface area contributed by atoms with Crippen molar-refractivity contribution >= 4 is 5.97 Å². The number of fused-ring (bicyclic) bond motifs is 2. The molecule has 2 fully saturated rings. The van der Waals surface area contributed by atoms with Crippen molar-refractivity contribution in [2.24, 2.45) is 29.6 Å². The van der Waals surface area contributed by atoms with E-state index in [1.54, 1.807) is 0 Å². The fourth-order valence-electron chi connectivity index (χ4n) is 3.35. The average Bonchev–Trinajstić information content (AvgIpc) is 2.44. The molecule has 1 N–H and O–H groups in total. The molecule has 0 saturated heterocycles. The van der Waals surface area contributed by atoms with Crippen LogP contribution in [-0.2, 0) is 4.79 Å². The molecule has 2 bridgehead atoms. The van der Waals surface area contributed by atoms with Crippen LogP contribution in [-0.4, -0.2) is 11.1 Å². The summed E-state index contributed by atoms with van der Waals surface area (Å²) in [4.78, 5) is 10.9. The number of hydrogen-bond acceptors (Lipinski definition) is 1. The first-order valence-electron chi connectivity index (χ1n) is 4.84. The molecule has 0 aliphatic heterocycles. The van der Waals surface area contributed by atoms with Gasteiger partial charge in [0.2, 0.25) is 0 Å². The summed E-state index contributed by atoms with van der Waals surface area (Å²) in [6.07, 6.45) is 2.43. The van der Waals surface area contributed by atoms with E-state index in [2.05, 4.69) is 13.8 Å². The molecule has 2 unspecified atom stereocenters. The normalized spacial score (nSPS) is 51.3. The SMILES string of the molecule is C[C@H]1CC2CC1[C@@H](C(=O)O)[C@H]2C. The summed E-state index contributed by atoms with van der Waals surface area (Å²) in [5, 5.41) is 9.02. The number of rotatable bonds is 1. The smallest absolute Gasteiger partial charge is 0.307 e. The van der Waals surface area contributed by atoms with Gasteiger partial charge in [-0.05, 0) is 36.5 Å². The maximum atomic E-state index is 10.9. The van der Waals surface area contributed by atoms with E-state index in [-0.39, 0.29) is 5.92 Å². The van der Waals surface area contributed by atoms with Crippen LogP contribution in [0, 0.1) is 29.6 Å². The van der Waals surface area contributed by atoms with Crippen molar-refractivity contribution in [3.63, 3.8) is 0 Å². The molecule has 0 aromatic carbocycles. The summed E-state index contributed by atoms with van der Waals surface area (Å²) >= 11 is 0. The topological polar surface area (TPSA) is 37.3 Å². The first-order chi connectivity index (χ1) is 5.61. The van der Waals surface area contributed by atoms with Gasteiger partial charge in [-0.3, -0.25) is 4.79 Å². The van der Waals surface area contributed by atoms with Crippen LogP contribution in [0.25, 0.3) is 0 Å². The minimum atomic E-state index is -0.568. The Hall–Kier alpha value is -0.530. The molecule has 0 aromatic rings. The first kappa shape index (κ1) is 8.09. The summed E-state index contributed by atoms with van der Waals surface area (Å²) in [6.45, 7) is 4.31. The standard InChI is InChI=1S/C10H16O2/c1-5-3-7-4-8(5)9(6(7)2)10(11)12/h5-9H,3-4H2,1-2H3,(H,11,12)/t5-,6-,7?,8?,9-/m0/s1. The second-order valence-electron chi connectivity index (χ2n) is 4.60. The van der Waals surface area contributed by atoms with Crippen molar-refractivity contribution in [3.05, 3.63) is 0 Å². The van der Waals surface area contributed by atoms with E-state index >= 15 is 0 Å². The lowest BCUT2D eigenvalue weighted by Gasteiger charge is -2.29. The molecule has 68 valence electrons. The van der Waals surface area contributed by atoms with Gasteiger partial charge in [-0.15, -0.1) is 0 Å². The van der Waals surface area contributed by atoms with Gasteiger partial charge in [0.25, 0.3) is 0 Å². The van der Waals surface area contributed by atoms with Crippen molar-refractivity contribution < 1.29 is 9.90 Å². The van der Waals surface area contributed by atoms with Gasteiger partial charge >= 0.3 is 5.97 Å². The van der Waals surface area contributed by atoms with Crippen LogP contribution in [0.5, 0.6) is 0 Å². The second-order valence-corrected chi connectivity index (χ2v) is 4.60. The molecule has 0 amide bonds. The number of carbonyl (C=O) groups is 1. The largest absolute Gasteiger partial charge is 0.481 e. The Morgan fingerprint density at radius 2 is 2.00 bits per heavy atom. The zero-order valence-corrected chi connectivity index (χ0v) is 7.66. The van der Waals surface area contributed by atoms with Crippen molar-refractivity contribution in [2.75, 3.05) is 0 Å². The number of aliphatic carboxylic acids is 1. The highest BCUT2D eigenvalue weighted by Gasteiger charge is 2.51. The highest BCUT2D eigenvalue weighted by Crippen LogP contribution is 2.54. The fraction of sp³-hybridized carbons (Fsp3) is 0.900. The Labute approximate surface area is 73.0 Å². The van der Waals surface area contributed by atoms with E-state index in [1.165, 1.54) is 12.8 Å². The highest BCUT2D eigenvalue weighted by atomic mass is 16.4. The molecule has 0 heterocycles. The molecule has 2 rings (SSSR count). The van der Waals surface area contributed by atoms with Gasteiger partial charge in [0.1, 0.15) is 0 Å². The average molecular weight is 168 g/mol. The Morgan fingerprint density at radius 1 is 1.33 bits per heavy atom. The van der Waals surface area contributed by atoms with Gasteiger partial charge in [0.05, 0.1) is 5.92 Å². The lowest BCUT2D eigenvalue weighted by atomic mass is 9.75. The summed E-state index contributed by atoms with van der Waals surface area (Å²) in [5.41, 5.74) is 0. The van der Waals surface area contributed by atoms with Gasteiger partial charge in [-0.2, -0.15) is 0 Å². The molecule has 0 aromatic heterocycles. The lowest BCUT2D eigenvalue weighted by Crippen LogP contribution is -2.31. The third kappa shape index (κ3) is 0.900. The quantitative estimate of drug-likeness (QED) is 0.650. The van der Waals surface area contributed by atoms with Crippen LogP contribution in [0.1, 0.15) is 26.7 Å². The first-order valence-corrected chi connectivity index (χ1v) is 4.84. The van der Waals surface area contributed by atoms with Crippen LogP contribution in [0.2, 0.25) is 0 Å². The highest BCUT2D eigenvalue weighted by molar-refractivity contribution is 5.71. The Kier molecular flexibility index (Phi) is 1.67. The predicted molar refractivity (Wildman–Crippen MR) is 45.7 cm³/mol. The maximum Gasteiger partial charge on any atom is 0.307 e.